The van der Waals surface area contributed by atoms with Crippen molar-refractivity contribution in [3.05, 3.63) is 18.5 Å². The van der Waals surface area contributed by atoms with Gasteiger partial charge in [0.25, 0.3) is 0 Å². The van der Waals surface area contributed by atoms with Crippen molar-refractivity contribution in [3.8, 4) is 0 Å². The maximum atomic E-state index is 12.7. The Labute approximate surface area is 125 Å². The number of rotatable bonds is 3. The number of hydrogen-bond donors (Lipinski definition) is 0. The van der Waals surface area contributed by atoms with Gasteiger partial charge in [-0.15, -0.1) is 0 Å². The average Bonchev–Trinajstić information content (AvgIpc) is 3.08. The largest absolute Gasteiger partial charge is 0.338 e. The van der Waals surface area contributed by atoms with Gasteiger partial charge >= 0.3 is 0 Å². The predicted molar refractivity (Wildman–Crippen MR) is 78.3 cm³/mol. The molecule has 0 aliphatic carbocycles. The van der Waals surface area contributed by atoms with Gasteiger partial charge in [-0.1, -0.05) is 0 Å². The SMILES string of the molecule is O=C([C@H]1CCS(=O)(=O)C1)N1CCCC[C@@H]1Cn1cccn1. The van der Waals surface area contributed by atoms with Gasteiger partial charge in [-0.3, -0.25) is 9.48 Å². The molecule has 0 aromatic carbocycles. The molecule has 3 rings (SSSR count). The van der Waals surface area contributed by atoms with Gasteiger partial charge in [-0.25, -0.2) is 8.42 Å². The Bertz CT molecular complexity index is 597. The Morgan fingerprint density at radius 3 is 2.81 bits per heavy atom. The molecule has 0 bridgehead atoms. The number of carbonyl (C=O) groups is 1. The topological polar surface area (TPSA) is 72.3 Å². The third kappa shape index (κ3) is 3.28. The van der Waals surface area contributed by atoms with E-state index in [-0.39, 0.29) is 29.4 Å². The summed E-state index contributed by atoms with van der Waals surface area (Å²) in [6, 6.07) is 2.01. The molecular formula is C14H21N3O3S. The number of sulfone groups is 1. The van der Waals surface area contributed by atoms with Gasteiger partial charge in [0.1, 0.15) is 0 Å². The number of piperidine rings is 1. The molecule has 7 heteroatoms. The zero-order chi connectivity index (χ0) is 14.9. The fourth-order valence-corrected chi connectivity index (χ4v) is 5.06. The molecule has 1 aromatic rings. The van der Waals surface area contributed by atoms with Crippen LogP contribution in [0.1, 0.15) is 25.7 Å². The Hall–Kier alpha value is -1.37. The molecule has 2 atom stereocenters. The number of carbonyl (C=O) groups excluding carboxylic acids is 1. The normalized spacial score (nSPS) is 28.7. The molecule has 2 aliphatic rings. The smallest absolute Gasteiger partial charge is 0.227 e. The van der Waals surface area contributed by atoms with Crippen LogP contribution in [0, 0.1) is 5.92 Å². The molecule has 2 fully saturated rings. The highest BCUT2D eigenvalue weighted by molar-refractivity contribution is 7.91. The third-order valence-corrected chi connectivity index (χ3v) is 6.22. The summed E-state index contributed by atoms with van der Waals surface area (Å²) in [6.45, 7) is 1.43. The second-order valence-corrected chi connectivity index (χ2v) is 8.24. The first-order valence-corrected chi connectivity index (χ1v) is 9.36. The van der Waals surface area contributed by atoms with Crippen LogP contribution in [0.25, 0.3) is 0 Å². The molecule has 6 nitrogen and oxygen atoms in total. The second kappa shape index (κ2) is 5.79. The Morgan fingerprint density at radius 2 is 2.14 bits per heavy atom. The summed E-state index contributed by atoms with van der Waals surface area (Å²) in [4.78, 5) is 14.6. The molecule has 0 unspecified atom stereocenters. The summed E-state index contributed by atoms with van der Waals surface area (Å²) in [5.41, 5.74) is 0. The van der Waals surface area contributed by atoms with Gasteiger partial charge < -0.3 is 4.90 Å². The maximum Gasteiger partial charge on any atom is 0.227 e. The minimum atomic E-state index is -3.01. The molecule has 116 valence electrons. The number of amides is 1. The van der Waals surface area contributed by atoms with Crippen LogP contribution in [0.5, 0.6) is 0 Å². The summed E-state index contributed by atoms with van der Waals surface area (Å²) >= 11 is 0. The first-order chi connectivity index (χ1) is 10.1. The number of hydrogen-bond acceptors (Lipinski definition) is 4. The molecule has 2 aliphatic heterocycles. The van der Waals surface area contributed by atoms with Crippen LogP contribution in [0.4, 0.5) is 0 Å². The van der Waals surface area contributed by atoms with Crippen LogP contribution in [-0.4, -0.2) is 53.1 Å². The molecule has 1 amide bonds. The van der Waals surface area contributed by atoms with Crippen molar-refractivity contribution in [3.63, 3.8) is 0 Å². The minimum Gasteiger partial charge on any atom is -0.338 e. The van der Waals surface area contributed by atoms with E-state index in [1.54, 1.807) is 6.20 Å². The summed E-state index contributed by atoms with van der Waals surface area (Å²) in [7, 11) is -3.01. The van der Waals surface area contributed by atoms with Crippen LogP contribution >= 0.6 is 0 Å². The van der Waals surface area contributed by atoms with Crippen molar-refractivity contribution in [2.24, 2.45) is 5.92 Å². The lowest BCUT2D eigenvalue weighted by molar-refractivity contribution is -0.138. The molecule has 0 spiro atoms. The zero-order valence-corrected chi connectivity index (χ0v) is 12.8. The first kappa shape index (κ1) is 14.6. The quantitative estimate of drug-likeness (QED) is 0.824. The van der Waals surface area contributed by atoms with Crippen LogP contribution in [0.3, 0.4) is 0 Å². The van der Waals surface area contributed by atoms with Crippen LogP contribution in [-0.2, 0) is 21.2 Å². The van der Waals surface area contributed by atoms with E-state index >= 15 is 0 Å². The summed E-state index contributed by atoms with van der Waals surface area (Å²) in [6.07, 6.45) is 7.19. The number of likely N-dealkylation sites (tertiary alicyclic amines) is 1. The van der Waals surface area contributed by atoms with Crippen molar-refractivity contribution in [1.29, 1.82) is 0 Å². The van der Waals surface area contributed by atoms with E-state index in [1.807, 2.05) is 21.8 Å². The maximum absolute atomic E-state index is 12.7. The minimum absolute atomic E-state index is 0.0212. The highest BCUT2D eigenvalue weighted by Gasteiger charge is 2.38. The van der Waals surface area contributed by atoms with E-state index in [1.165, 1.54) is 0 Å². The van der Waals surface area contributed by atoms with E-state index in [9.17, 15) is 13.2 Å². The van der Waals surface area contributed by atoms with Gasteiger partial charge in [-0.2, -0.15) is 5.10 Å². The molecule has 0 N–H and O–H groups in total. The Kier molecular flexibility index (Phi) is 4.01. The monoisotopic (exact) mass is 311 g/mol. The van der Waals surface area contributed by atoms with Crippen LogP contribution in [0.2, 0.25) is 0 Å². The average molecular weight is 311 g/mol. The van der Waals surface area contributed by atoms with E-state index in [0.29, 0.717) is 13.0 Å². The third-order valence-electron chi connectivity index (χ3n) is 4.45. The van der Waals surface area contributed by atoms with Crippen molar-refractivity contribution >= 4 is 15.7 Å². The molecule has 3 heterocycles. The van der Waals surface area contributed by atoms with Crippen molar-refractivity contribution in [2.45, 2.75) is 38.3 Å². The Morgan fingerprint density at radius 1 is 1.29 bits per heavy atom. The highest BCUT2D eigenvalue weighted by Crippen LogP contribution is 2.26. The molecule has 1 aromatic heterocycles. The van der Waals surface area contributed by atoms with E-state index in [0.717, 1.165) is 25.8 Å². The lowest BCUT2D eigenvalue weighted by Gasteiger charge is -2.37. The van der Waals surface area contributed by atoms with E-state index in [2.05, 4.69) is 5.10 Å². The van der Waals surface area contributed by atoms with Crippen molar-refractivity contribution < 1.29 is 13.2 Å². The molecule has 2 saturated heterocycles. The predicted octanol–water partition coefficient (Wildman–Crippen LogP) is 0.699. The number of nitrogens with zero attached hydrogens (tertiary/aromatic N) is 3. The van der Waals surface area contributed by atoms with Crippen LogP contribution in [0.15, 0.2) is 18.5 Å². The fourth-order valence-electron chi connectivity index (χ4n) is 3.33. The van der Waals surface area contributed by atoms with Gasteiger partial charge in [0.05, 0.1) is 30.0 Å². The lowest BCUT2D eigenvalue weighted by Crippen LogP contribution is -2.48. The van der Waals surface area contributed by atoms with Crippen molar-refractivity contribution in [2.75, 3.05) is 18.1 Å². The molecule has 21 heavy (non-hydrogen) atoms. The second-order valence-electron chi connectivity index (χ2n) is 6.01. The lowest BCUT2D eigenvalue weighted by atomic mass is 9.98. The molecule has 0 radical (unpaired) electrons. The Balaban J connectivity index is 1.70. The first-order valence-electron chi connectivity index (χ1n) is 7.53. The van der Waals surface area contributed by atoms with Crippen molar-refractivity contribution in [1.82, 2.24) is 14.7 Å². The van der Waals surface area contributed by atoms with Gasteiger partial charge in [-0.05, 0) is 31.7 Å². The zero-order valence-electron chi connectivity index (χ0n) is 12.0. The van der Waals surface area contributed by atoms with Crippen LogP contribution < -0.4 is 0 Å². The summed E-state index contributed by atoms with van der Waals surface area (Å²) in [5.74, 6) is -0.140. The van der Waals surface area contributed by atoms with E-state index < -0.39 is 9.84 Å². The fraction of sp³-hybridized carbons (Fsp3) is 0.714. The van der Waals surface area contributed by atoms with Gasteiger partial charge in [0.15, 0.2) is 9.84 Å². The summed E-state index contributed by atoms with van der Waals surface area (Å²) < 4.78 is 25.0. The van der Waals surface area contributed by atoms with E-state index in [4.69, 9.17) is 0 Å². The molecule has 0 saturated carbocycles. The highest BCUT2D eigenvalue weighted by atomic mass is 32.2. The standard InChI is InChI=1S/C14H21N3O3S/c18-14(12-5-9-21(19,20)11-12)17-8-2-1-4-13(17)10-16-7-3-6-15-16/h3,6-7,12-13H,1-2,4-5,8-11H2/t12-,13+/m0/s1. The number of aromatic nitrogens is 2. The summed E-state index contributed by atoms with van der Waals surface area (Å²) in [5, 5.41) is 4.21. The van der Waals surface area contributed by atoms with Gasteiger partial charge in [0.2, 0.25) is 5.91 Å². The van der Waals surface area contributed by atoms with Gasteiger partial charge in [0, 0.05) is 18.9 Å². The molecular weight excluding hydrogens is 290 g/mol.